The molecule has 0 aliphatic heterocycles. The van der Waals surface area contributed by atoms with Gasteiger partial charge in [0.05, 0.1) is 4.47 Å². The van der Waals surface area contributed by atoms with Crippen LogP contribution >= 0.6 is 15.9 Å². The first-order valence-electron chi connectivity index (χ1n) is 5.33. The van der Waals surface area contributed by atoms with E-state index in [-0.39, 0.29) is 24.4 Å². The molecule has 0 saturated carbocycles. The minimum Gasteiger partial charge on any atom is -0.396 e. The van der Waals surface area contributed by atoms with Crippen molar-refractivity contribution in [1.29, 1.82) is 0 Å². The van der Waals surface area contributed by atoms with E-state index in [4.69, 9.17) is 5.11 Å². The Morgan fingerprint density at radius 3 is 2.69 bits per heavy atom. The van der Waals surface area contributed by atoms with Crippen molar-refractivity contribution in [1.82, 2.24) is 5.32 Å². The molecule has 2 N–H and O–H groups in total. The summed E-state index contributed by atoms with van der Waals surface area (Å²) < 4.78 is 13.8. The van der Waals surface area contributed by atoms with Crippen LogP contribution in [-0.4, -0.2) is 18.3 Å². The molecule has 0 spiro atoms. The molecule has 1 aromatic carbocycles. The van der Waals surface area contributed by atoms with Gasteiger partial charge in [-0.3, -0.25) is 0 Å². The SMILES string of the molecule is CC(CO)CNC(C)c1ccc(Br)c(F)c1. The topological polar surface area (TPSA) is 32.3 Å². The zero-order valence-corrected chi connectivity index (χ0v) is 11.1. The van der Waals surface area contributed by atoms with E-state index in [1.165, 1.54) is 6.07 Å². The molecule has 0 heterocycles. The highest BCUT2D eigenvalue weighted by molar-refractivity contribution is 9.10. The van der Waals surface area contributed by atoms with Gasteiger partial charge < -0.3 is 10.4 Å². The predicted octanol–water partition coefficient (Wildman–Crippen LogP) is 2.87. The van der Waals surface area contributed by atoms with Crippen molar-refractivity contribution in [2.45, 2.75) is 19.9 Å². The highest BCUT2D eigenvalue weighted by Crippen LogP contribution is 2.20. The van der Waals surface area contributed by atoms with Crippen LogP contribution in [0.1, 0.15) is 25.5 Å². The molecule has 0 aromatic heterocycles. The third-order valence-corrected chi connectivity index (χ3v) is 3.17. The molecule has 0 aliphatic carbocycles. The van der Waals surface area contributed by atoms with Crippen LogP contribution in [-0.2, 0) is 0 Å². The van der Waals surface area contributed by atoms with Gasteiger partial charge in [-0.15, -0.1) is 0 Å². The van der Waals surface area contributed by atoms with E-state index in [0.717, 1.165) is 12.1 Å². The quantitative estimate of drug-likeness (QED) is 0.874. The molecular weight excluding hydrogens is 273 g/mol. The van der Waals surface area contributed by atoms with E-state index < -0.39 is 0 Å². The molecule has 0 saturated heterocycles. The Labute approximate surface area is 104 Å². The monoisotopic (exact) mass is 289 g/mol. The van der Waals surface area contributed by atoms with Crippen LogP contribution < -0.4 is 5.32 Å². The second-order valence-corrected chi connectivity index (χ2v) is 4.95. The van der Waals surface area contributed by atoms with Crippen molar-refractivity contribution in [2.75, 3.05) is 13.2 Å². The summed E-state index contributed by atoms with van der Waals surface area (Å²) in [6.45, 7) is 4.82. The summed E-state index contributed by atoms with van der Waals surface area (Å²) in [7, 11) is 0. The molecule has 1 aromatic rings. The Bertz CT molecular complexity index is 346. The smallest absolute Gasteiger partial charge is 0.137 e. The molecule has 2 nitrogen and oxygen atoms in total. The average Bonchev–Trinajstić information content (AvgIpc) is 2.29. The number of hydrogen-bond donors (Lipinski definition) is 2. The minimum atomic E-state index is -0.249. The minimum absolute atomic E-state index is 0.0802. The highest BCUT2D eigenvalue weighted by atomic mass is 79.9. The number of hydrogen-bond acceptors (Lipinski definition) is 2. The second-order valence-electron chi connectivity index (χ2n) is 4.09. The fourth-order valence-corrected chi connectivity index (χ4v) is 1.59. The van der Waals surface area contributed by atoms with E-state index in [2.05, 4.69) is 21.2 Å². The van der Waals surface area contributed by atoms with E-state index >= 15 is 0 Å². The number of aliphatic hydroxyl groups is 1. The molecular formula is C12H17BrFNO. The van der Waals surface area contributed by atoms with Gasteiger partial charge in [0.1, 0.15) is 5.82 Å². The summed E-state index contributed by atoms with van der Waals surface area (Å²) in [4.78, 5) is 0. The van der Waals surface area contributed by atoms with Crippen molar-refractivity contribution in [3.8, 4) is 0 Å². The summed E-state index contributed by atoms with van der Waals surface area (Å²) in [5, 5.41) is 12.1. The standard InChI is InChI=1S/C12H17BrFNO/c1-8(7-16)6-15-9(2)10-3-4-11(13)12(14)5-10/h3-5,8-9,15-16H,6-7H2,1-2H3. The van der Waals surface area contributed by atoms with Crippen LogP contribution in [0.4, 0.5) is 4.39 Å². The Morgan fingerprint density at radius 2 is 2.12 bits per heavy atom. The molecule has 0 bridgehead atoms. The maximum Gasteiger partial charge on any atom is 0.137 e. The summed E-state index contributed by atoms with van der Waals surface area (Å²) in [6.07, 6.45) is 0. The lowest BCUT2D eigenvalue weighted by Crippen LogP contribution is -2.26. The number of rotatable bonds is 5. The van der Waals surface area contributed by atoms with Crippen molar-refractivity contribution in [3.05, 3.63) is 34.1 Å². The van der Waals surface area contributed by atoms with Crippen LogP contribution in [0.2, 0.25) is 0 Å². The van der Waals surface area contributed by atoms with Crippen LogP contribution in [0, 0.1) is 11.7 Å². The van der Waals surface area contributed by atoms with E-state index in [1.54, 1.807) is 6.07 Å². The molecule has 0 fully saturated rings. The Balaban J connectivity index is 2.59. The van der Waals surface area contributed by atoms with Gasteiger partial charge in [-0.05, 0) is 46.5 Å². The van der Waals surface area contributed by atoms with Gasteiger partial charge in [-0.25, -0.2) is 4.39 Å². The summed E-state index contributed by atoms with van der Waals surface area (Å²) >= 11 is 3.12. The molecule has 4 heteroatoms. The molecule has 16 heavy (non-hydrogen) atoms. The van der Waals surface area contributed by atoms with Gasteiger partial charge in [-0.2, -0.15) is 0 Å². The first-order valence-corrected chi connectivity index (χ1v) is 6.13. The molecule has 2 unspecified atom stereocenters. The maximum atomic E-state index is 13.3. The van der Waals surface area contributed by atoms with Crippen molar-refractivity contribution < 1.29 is 9.50 Å². The lowest BCUT2D eigenvalue weighted by atomic mass is 10.1. The largest absolute Gasteiger partial charge is 0.396 e. The third kappa shape index (κ3) is 3.85. The number of nitrogens with one attached hydrogen (secondary N) is 1. The average molecular weight is 290 g/mol. The van der Waals surface area contributed by atoms with Gasteiger partial charge in [0, 0.05) is 19.2 Å². The summed E-state index contributed by atoms with van der Waals surface area (Å²) in [5.74, 6) is -0.0379. The van der Waals surface area contributed by atoms with Crippen LogP contribution in [0.25, 0.3) is 0 Å². The van der Waals surface area contributed by atoms with E-state index in [1.807, 2.05) is 19.9 Å². The Kier molecular flexibility index (Phi) is 5.38. The van der Waals surface area contributed by atoms with E-state index in [0.29, 0.717) is 4.47 Å². The maximum absolute atomic E-state index is 13.3. The number of halogens is 2. The fraction of sp³-hybridized carbons (Fsp3) is 0.500. The predicted molar refractivity (Wildman–Crippen MR) is 66.8 cm³/mol. The van der Waals surface area contributed by atoms with E-state index in [9.17, 15) is 4.39 Å². The molecule has 0 radical (unpaired) electrons. The van der Waals surface area contributed by atoms with Gasteiger partial charge in [-0.1, -0.05) is 13.0 Å². The number of aliphatic hydroxyl groups excluding tert-OH is 1. The zero-order chi connectivity index (χ0) is 12.1. The van der Waals surface area contributed by atoms with Crippen molar-refractivity contribution in [3.63, 3.8) is 0 Å². The Hall–Kier alpha value is -0.450. The number of benzene rings is 1. The van der Waals surface area contributed by atoms with Crippen LogP contribution in [0.15, 0.2) is 22.7 Å². The van der Waals surface area contributed by atoms with Crippen molar-refractivity contribution >= 4 is 15.9 Å². The van der Waals surface area contributed by atoms with Gasteiger partial charge in [0.25, 0.3) is 0 Å². The van der Waals surface area contributed by atoms with Gasteiger partial charge >= 0.3 is 0 Å². The summed E-state index contributed by atoms with van der Waals surface area (Å²) in [6, 6.07) is 5.19. The molecule has 2 atom stereocenters. The molecule has 90 valence electrons. The Morgan fingerprint density at radius 1 is 1.44 bits per heavy atom. The first-order chi connectivity index (χ1) is 7.54. The van der Waals surface area contributed by atoms with Crippen molar-refractivity contribution in [2.24, 2.45) is 5.92 Å². The summed E-state index contributed by atoms with van der Waals surface area (Å²) in [5.41, 5.74) is 0.908. The molecule has 0 aliphatic rings. The lowest BCUT2D eigenvalue weighted by Gasteiger charge is -2.17. The third-order valence-electron chi connectivity index (χ3n) is 2.53. The molecule has 1 rings (SSSR count). The lowest BCUT2D eigenvalue weighted by molar-refractivity contribution is 0.231. The van der Waals surface area contributed by atoms with Crippen LogP contribution in [0.5, 0.6) is 0 Å². The zero-order valence-electron chi connectivity index (χ0n) is 9.50. The fourth-order valence-electron chi connectivity index (χ4n) is 1.34. The first kappa shape index (κ1) is 13.6. The van der Waals surface area contributed by atoms with Gasteiger partial charge in [0.2, 0.25) is 0 Å². The normalized spacial score (nSPS) is 14.8. The van der Waals surface area contributed by atoms with Gasteiger partial charge in [0.15, 0.2) is 0 Å². The van der Waals surface area contributed by atoms with Crippen LogP contribution in [0.3, 0.4) is 0 Å². The molecule has 0 amide bonds. The second kappa shape index (κ2) is 6.33. The highest BCUT2D eigenvalue weighted by Gasteiger charge is 2.09.